The SMILES string of the molecule is CC(=O)Nc1ccc(S(=O)(=O)/N=C(\N)N/C(N)=N/c2nnc(-c3ccc([N+](=O)[O-])cc3)s2)cc1. The van der Waals surface area contributed by atoms with Crippen LogP contribution in [-0.2, 0) is 14.8 Å². The van der Waals surface area contributed by atoms with Crippen molar-refractivity contribution in [3.8, 4) is 10.6 Å². The van der Waals surface area contributed by atoms with Crippen molar-refractivity contribution >= 4 is 55.7 Å². The zero-order valence-electron chi connectivity index (χ0n) is 17.4. The van der Waals surface area contributed by atoms with Gasteiger partial charge in [-0.25, -0.2) is 0 Å². The van der Waals surface area contributed by atoms with Gasteiger partial charge in [0, 0.05) is 30.3 Å². The number of hydrogen-bond acceptors (Lipinski definition) is 9. The Bertz CT molecular complexity index is 1380. The molecule has 0 aliphatic carbocycles. The van der Waals surface area contributed by atoms with Gasteiger partial charge in [-0.2, -0.15) is 13.4 Å². The second-order valence-electron chi connectivity index (χ2n) is 6.47. The summed E-state index contributed by atoms with van der Waals surface area (Å²) in [4.78, 5) is 25.1. The molecule has 1 heterocycles. The maximum atomic E-state index is 12.4. The number of guanidine groups is 2. The molecule has 16 heteroatoms. The Morgan fingerprint density at radius 1 is 1.06 bits per heavy atom. The summed E-state index contributed by atoms with van der Waals surface area (Å²) >= 11 is 1.04. The monoisotopic (exact) mass is 503 g/mol. The first kappa shape index (κ1) is 24.2. The molecule has 0 saturated heterocycles. The van der Waals surface area contributed by atoms with Crippen molar-refractivity contribution in [2.45, 2.75) is 11.8 Å². The summed E-state index contributed by atoms with van der Waals surface area (Å²) in [7, 11) is -4.16. The lowest BCUT2D eigenvalue weighted by atomic mass is 10.2. The largest absolute Gasteiger partial charge is 0.369 e. The lowest BCUT2D eigenvalue weighted by molar-refractivity contribution is -0.384. The number of nitrogens with two attached hydrogens (primary N) is 2. The highest BCUT2D eigenvalue weighted by atomic mass is 32.2. The van der Waals surface area contributed by atoms with Gasteiger partial charge in [0.05, 0.1) is 9.82 Å². The summed E-state index contributed by atoms with van der Waals surface area (Å²) in [5.74, 6) is -1.12. The van der Waals surface area contributed by atoms with Gasteiger partial charge in [0.2, 0.25) is 23.0 Å². The Hall–Kier alpha value is -4.44. The standard InChI is InChI=1S/C18H17N9O5S2/c1-10(28)21-12-4-8-14(9-5-12)34(31,32)26-17(20)22-16(19)23-18-25-24-15(33-18)11-2-6-13(7-3-11)27(29)30/h2-9H,1H3,(H,21,28)(H5,19,20,22,23,25,26). The van der Waals surface area contributed by atoms with Crippen molar-refractivity contribution in [3.05, 3.63) is 58.6 Å². The van der Waals surface area contributed by atoms with Gasteiger partial charge in [0.1, 0.15) is 5.01 Å². The minimum Gasteiger partial charge on any atom is -0.369 e. The first-order valence-corrected chi connectivity index (χ1v) is 11.5. The molecule has 0 aliphatic rings. The number of nitro groups is 1. The topological polar surface area (TPSA) is 221 Å². The maximum absolute atomic E-state index is 12.4. The quantitative estimate of drug-likeness (QED) is 0.163. The van der Waals surface area contributed by atoms with Crippen LogP contribution >= 0.6 is 11.3 Å². The molecular formula is C18H17N9O5S2. The summed E-state index contributed by atoms with van der Waals surface area (Å²) < 4.78 is 28.3. The highest BCUT2D eigenvalue weighted by molar-refractivity contribution is 7.90. The number of nitro benzene ring substituents is 1. The van der Waals surface area contributed by atoms with E-state index < -0.39 is 20.9 Å². The number of nitrogens with one attached hydrogen (secondary N) is 2. The van der Waals surface area contributed by atoms with Crippen LogP contribution in [0.5, 0.6) is 0 Å². The predicted molar refractivity (Wildman–Crippen MR) is 126 cm³/mol. The molecule has 0 spiro atoms. The molecule has 0 unspecified atom stereocenters. The number of sulfonamides is 1. The Morgan fingerprint density at radius 2 is 1.71 bits per heavy atom. The number of non-ortho nitro benzene ring substituents is 1. The fourth-order valence-corrected chi connectivity index (χ4v) is 4.11. The molecule has 3 rings (SSSR count). The van der Waals surface area contributed by atoms with Crippen molar-refractivity contribution in [3.63, 3.8) is 0 Å². The lowest BCUT2D eigenvalue weighted by Gasteiger charge is -2.05. The van der Waals surface area contributed by atoms with E-state index in [1.165, 1.54) is 55.5 Å². The molecule has 3 aromatic rings. The summed E-state index contributed by atoms with van der Waals surface area (Å²) in [6.45, 7) is 1.32. The van der Waals surface area contributed by atoms with Gasteiger partial charge in [-0.15, -0.1) is 14.6 Å². The number of anilines is 1. The van der Waals surface area contributed by atoms with Gasteiger partial charge in [-0.3, -0.25) is 20.2 Å². The summed E-state index contributed by atoms with van der Waals surface area (Å²) in [5.41, 5.74) is 12.3. The van der Waals surface area contributed by atoms with Crippen molar-refractivity contribution in [1.82, 2.24) is 15.5 Å². The summed E-state index contributed by atoms with van der Waals surface area (Å²) in [5, 5.41) is 24.0. The van der Waals surface area contributed by atoms with Crippen molar-refractivity contribution in [2.75, 3.05) is 5.32 Å². The molecule has 0 fully saturated rings. The third-order valence-corrected chi connectivity index (χ3v) is 6.07. The Balaban J connectivity index is 1.69. The molecule has 0 saturated carbocycles. The van der Waals surface area contributed by atoms with Gasteiger partial charge in [-0.1, -0.05) is 11.3 Å². The van der Waals surface area contributed by atoms with Crippen molar-refractivity contribution in [1.29, 1.82) is 0 Å². The maximum Gasteiger partial charge on any atom is 0.285 e. The number of hydrogen-bond donors (Lipinski definition) is 4. The lowest BCUT2D eigenvalue weighted by Crippen LogP contribution is -2.41. The van der Waals surface area contributed by atoms with Crippen LogP contribution in [0.2, 0.25) is 0 Å². The Kier molecular flexibility index (Phi) is 7.12. The number of aromatic nitrogens is 2. The van der Waals surface area contributed by atoms with E-state index in [2.05, 4.69) is 30.2 Å². The fourth-order valence-electron chi connectivity index (χ4n) is 2.48. The number of benzene rings is 2. The van der Waals surface area contributed by atoms with Crippen LogP contribution in [-0.4, -0.2) is 41.4 Å². The van der Waals surface area contributed by atoms with Gasteiger partial charge < -0.3 is 16.8 Å². The van der Waals surface area contributed by atoms with Crippen LogP contribution in [0.3, 0.4) is 0 Å². The summed E-state index contributed by atoms with van der Waals surface area (Å²) in [6.07, 6.45) is 0. The van der Waals surface area contributed by atoms with Gasteiger partial charge >= 0.3 is 0 Å². The molecule has 6 N–H and O–H groups in total. The van der Waals surface area contributed by atoms with E-state index in [4.69, 9.17) is 11.5 Å². The van der Waals surface area contributed by atoms with E-state index in [0.717, 1.165) is 11.3 Å². The third-order valence-electron chi connectivity index (χ3n) is 3.90. The van der Waals surface area contributed by atoms with E-state index in [1.54, 1.807) is 0 Å². The highest BCUT2D eigenvalue weighted by Gasteiger charge is 2.15. The molecule has 2 aromatic carbocycles. The molecule has 14 nitrogen and oxygen atoms in total. The molecule has 1 amide bonds. The van der Waals surface area contributed by atoms with Crippen LogP contribution in [0.1, 0.15) is 6.92 Å². The molecular weight excluding hydrogens is 486 g/mol. The zero-order valence-corrected chi connectivity index (χ0v) is 19.0. The molecule has 176 valence electrons. The average Bonchev–Trinajstić information content (AvgIpc) is 3.21. The number of carbonyl (C=O) groups is 1. The second-order valence-corrected chi connectivity index (χ2v) is 9.03. The molecule has 0 radical (unpaired) electrons. The molecule has 0 bridgehead atoms. The smallest absolute Gasteiger partial charge is 0.285 e. The van der Waals surface area contributed by atoms with Crippen LogP contribution in [0, 0.1) is 10.1 Å². The van der Waals surface area contributed by atoms with Crippen LogP contribution in [0.25, 0.3) is 10.6 Å². The van der Waals surface area contributed by atoms with E-state index in [0.29, 0.717) is 16.3 Å². The van der Waals surface area contributed by atoms with Gasteiger partial charge in [0.15, 0.2) is 0 Å². The molecule has 1 aromatic heterocycles. The summed E-state index contributed by atoms with van der Waals surface area (Å²) in [6, 6.07) is 11.0. The fraction of sp³-hybridized carbons (Fsp3) is 0.0556. The van der Waals surface area contributed by atoms with E-state index in [9.17, 15) is 23.3 Å². The average molecular weight is 504 g/mol. The number of carbonyl (C=O) groups excluding carboxylic acids is 1. The predicted octanol–water partition coefficient (Wildman–Crippen LogP) is 1.31. The zero-order chi connectivity index (χ0) is 24.9. The van der Waals surface area contributed by atoms with Crippen LogP contribution < -0.4 is 22.1 Å². The van der Waals surface area contributed by atoms with E-state index in [1.807, 2.05) is 0 Å². The number of nitrogens with zero attached hydrogens (tertiary/aromatic N) is 5. The van der Waals surface area contributed by atoms with Gasteiger partial charge in [-0.05, 0) is 36.4 Å². The molecule has 0 aliphatic heterocycles. The minimum absolute atomic E-state index is 0.0617. The number of aliphatic imine (C=N–C) groups is 1. The van der Waals surface area contributed by atoms with E-state index >= 15 is 0 Å². The highest BCUT2D eigenvalue weighted by Crippen LogP contribution is 2.29. The van der Waals surface area contributed by atoms with Crippen molar-refractivity contribution in [2.24, 2.45) is 20.9 Å². The van der Waals surface area contributed by atoms with Gasteiger partial charge in [0.25, 0.3) is 15.7 Å². The number of amides is 1. The third kappa shape index (κ3) is 6.30. The Labute approximate surface area is 196 Å². The minimum atomic E-state index is -4.16. The first-order chi connectivity index (χ1) is 16.0. The van der Waals surface area contributed by atoms with Crippen LogP contribution in [0.4, 0.5) is 16.5 Å². The number of rotatable bonds is 6. The molecule has 0 atom stereocenters. The normalized spacial score (nSPS) is 12.3. The van der Waals surface area contributed by atoms with E-state index in [-0.39, 0.29) is 27.6 Å². The second kappa shape index (κ2) is 10.0. The molecule has 34 heavy (non-hydrogen) atoms. The Morgan fingerprint density at radius 3 is 2.29 bits per heavy atom. The van der Waals surface area contributed by atoms with Crippen molar-refractivity contribution < 1.29 is 18.1 Å². The van der Waals surface area contributed by atoms with Crippen LogP contribution in [0.15, 0.2) is 62.8 Å². The first-order valence-electron chi connectivity index (χ1n) is 9.21.